The lowest BCUT2D eigenvalue weighted by Gasteiger charge is -2.37. The van der Waals surface area contributed by atoms with Crippen molar-refractivity contribution in [3.63, 3.8) is 0 Å². The Morgan fingerprint density at radius 1 is 0.850 bits per heavy atom. The SMILES string of the molecule is O=C1[C@@H]2[C@@H]3C=C[C@@H]([C@@H]4C[C@H]34)[C@@H]2C(=O)N1c1ccccc1. The molecule has 3 fully saturated rings. The number of hydrogen-bond donors (Lipinski definition) is 0. The smallest absolute Gasteiger partial charge is 0.238 e. The lowest BCUT2D eigenvalue weighted by Crippen LogP contribution is -2.40. The average Bonchev–Trinajstić information content (AvgIpc) is 3.25. The second kappa shape index (κ2) is 3.40. The standard InChI is InChI=1S/C17H15NO2/c19-16-14-10-6-7-11(13-8-12(10)13)15(14)17(20)18(16)9-4-2-1-3-5-9/h1-7,10-15H,8H2/t10-,11+,12-,13+,14-,15+. The Bertz CT molecular complexity index is 614. The molecule has 4 aliphatic carbocycles. The fourth-order valence-electron chi connectivity index (χ4n) is 4.79. The fourth-order valence-corrected chi connectivity index (χ4v) is 4.79. The van der Waals surface area contributed by atoms with Crippen molar-refractivity contribution in [2.24, 2.45) is 35.5 Å². The predicted octanol–water partition coefficient (Wildman–Crippen LogP) is 2.24. The summed E-state index contributed by atoms with van der Waals surface area (Å²) in [6.45, 7) is 0. The van der Waals surface area contributed by atoms with Gasteiger partial charge in [0.15, 0.2) is 0 Å². The van der Waals surface area contributed by atoms with Crippen LogP contribution in [0.1, 0.15) is 6.42 Å². The van der Waals surface area contributed by atoms with Gasteiger partial charge in [0.2, 0.25) is 11.8 Å². The topological polar surface area (TPSA) is 37.4 Å². The molecule has 3 heteroatoms. The van der Waals surface area contributed by atoms with Gasteiger partial charge >= 0.3 is 0 Å². The third-order valence-corrected chi connectivity index (χ3v) is 5.68. The normalized spacial score (nSPS) is 43.7. The number of imide groups is 1. The van der Waals surface area contributed by atoms with Gasteiger partial charge in [0.25, 0.3) is 0 Å². The number of nitrogens with zero attached hydrogens (tertiary/aromatic N) is 1. The quantitative estimate of drug-likeness (QED) is 0.577. The van der Waals surface area contributed by atoms with Crippen LogP contribution in [0, 0.1) is 35.5 Å². The van der Waals surface area contributed by atoms with Crippen molar-refractivity contribution in [1.29, 1.82) is 0 Å². The van der Waals surface area contributed by atoms with Crippen LogP contribution in [0.15, 0.2) is 42.5 Å². The summed E-state index contributed by atoms with van der Waals surface area (Å²) in [5.74, 6) is 1.80. The van der Waals surface area contributed by atoms with Crippen LogP contribution in [0.4, 0.5) is 5.69 Å². The maximum atomic E-state index is 12.8. The number of hydrogen-bond acceptors (Lipinski definition) is 2. The van der Waals surface area contributed by atoms with Crippen molar-refractivity contribution in [3.05, 3.63) is 42.5 Å². The molecule has 6 rings (SSSR count). The van der Waals surface area contributed by atoms with E-state index in [9.17, 15) is 9.59 Å². The molecular weight excluding hydrogens is 250 g/mol. The summed E-state index contributed by atoms with van der Waals surface area (Å²) in [5, 5.41) is 0. The Morgan fingerprint density at radius 2 is 1.40 bits per heavy atom. The second-order valence-corrected chi connectivity index (χ2v) is 6.50. The zero-order valence-corrected chi connectivity index (χ0v) is 11.0. The third kappa shape index (κ3) is 1.13. The molecule has 2 amide bonds. The van der Waals surface area contributed by atoms with Gasteiger partial charge in [0.1, 0.15) is 0 Å². The van der Waals surface area contributed by atoms with Crippen LogP contribution in [0.5, 0.6) is 0 Å². The molecule has 1 heterocycles. The molecule has 6 atom stereocenters. The van der Waals surface area contributed by atoms with Gasteiger partial charge in [0, 0.05) is 0 Å². The number of para-hydroxylation sites is 1. The lowest BCUT2D eigenvalue weighted by molar-refractivity contribution is -0.124. The van der Waals surface area contributed by atoms with E-state index in [2.05, 4.69) is 12.2 Å². The van der Waals surface area contributed by atoms with Gasteiger partial charge in [-0.25, -0.2) is 0 Å². The van der Waals surface area contributed by atoms with E-state index >= 15 is 0 Å². The number of allylic oxidation sites excluding steroid dienone is 2. The summed E-state index contributed by atoms with van der Waals surface area (Å²) < 4.78 is 0. The van der Waals surface area contributed by atoms with Crippen LogP contribution >= 0.6 is 0 Å². The molecule has 100 valence electrons. The highest BCUT2D eigenvalue weighted by atomic mass is 16.2. The summed E-state index contributed by atoms with van der Waals surface area (Å²) in [4.78, 5) is 27.0. The number of anilines is 1. The first-order chi connectivity index (χ1) is 9.77. The summed E-state index contributed by atoms with van der Waals surface area (Å²) in [5.41, 5.74) is 0.727. The Morgan fingerprint density at radius 3 is 1.95 bits per heavy atom. The number of amides is 2. The first-order valence-corrected chi connectivity index (χ1v) is 7.38. The molecule has 0 aromatic heterocycles. The van der Waals surface area contributed by atoms with Gasteiger partial charge in [-0.05, 0) is 42.2 Å². The van der Waals surface area contributed by atoms with Crippen molar-refractivity contribution in [2.45, 2.75) is 6.42 Å². The molecule has 1 saturated heterocycles. The van der Waals surface area contributed by atoms with Crippen molar-refractivity contribution in [1.82, 2.24) is 0 Å². The molecule has 20 heavy (non-hydrogen) atoms. The molecule has 1 aromatic carbocycles. The van der Waals surface area contributed by atoms with Crippen molar-refractivity contribution in [2.75, 3.05) is 4.90 Å². The number of carbonyl (C=O) groups excluding carboxylic acids is 2. The highest BCUT2D eigenvalue weighted by Crippen LogP contribution is 2.65. The Hall–Kier alpha value is -1.90. The van der Waals surface area contributed by atoms with E-state index in [0.29, 0.717) is 23.7 Å². The van der Waals surface area contributed by atoms with Gasteiger partial charge in [-0.1, -0.05) is 30.4 Å². The van der Waals surface area contributed by atoms with E-state index < -0.39 is 0 Å². The predicted molar refractivity (Wildman–Crippen MR) is 73.6 cm³/mol. The minimum absolute atomic E-state index is 0.0240. The Kier molecular flexibility index (Phi) is 1.84. The molecule has 2 saturated carbocycles. The number of carbonyl (C=O) groups is 2. The molecule has 1 aliphatic heterocycles. The highest BCUT2D eigenvalue weighted by molar-refractivity contribution is 6.22. The van der Waals surface area contributed by atoms with E-state index in [1.165, 1.54) is 11.3 Å². The summed E-state index contributed by atoms with van der Waals surface area (Å²) in [6.07, 6.45) is 5.63. The number of benzene rings is 1. The molecule has 0 N–H and O–H groups in total. The maximum absolute atomic E-state index is 12.8. The molecule has 1 aromatic rings. The van der Waals surface area contributed by atoms with Gasteiger partial charge in [-0.2, -0.15) is 0 Å². The van der Waals surface area contributed by atoms with Gasteiger partial charge < -0.3 is 0 Å². The minimum atomic E-state index is -0.0959. The van der Waals surface area contributed by atoms with E-state index in [1.807, 2.05) is 30.3 Å². The third-order valence-electron chi connectivity index (χ3n) is 5.68. The van der Waals surface area contributed by atoms with E-state index in [4.69, 9.17) is 0 Å². The zero-order chi connectivity index (χ0) is 13.4. The van der Waals surface area contributed by atoms with Gasteiger partial charge in [-0.3, -0.25) is 14.5 Å². The molecule has 3 nitrogen and oxygen atoms in total. The molecule has 2 bridgehead atoms. The summed E-state index contributed by atoms with van der Waals surface area (Å²) in [7, 11) is 0. The molecule has 0 unspecified atom stereocenters. The van der Waals surface area contributed by atoms with Crippen molar-refractivity contribution in [3.8, 4) is 0 Å². The molecule has 5 aliphatic rings. The highest BCUT2D eigenvalue weighted by Gasteiger charge is 2.67. The van der Waals surface area contributed by atoms with Crippen LogP contribution < -0.4 is 4.90 Å². The average molecular weight is 265 g/mol. The van der Waals surface area contributed by atoms with E-state index in [1.54, 1.807) is 0 Å². The Labute approximate surface area is 117 Å². The van der Waals surface area contributed by atoms with Crippen molar-refractivity contribution >= 4 is 17.5 Å². The maximum Gasteiger partial charge on any atom is 0.238 e. The van der Waals surface area contributed by atoms with Crippen LogP contribution in [-0.4, -0.2) is 11.8 Å². The second-order valence-electron chi connectivity index (χ2n) is 6.50. The summed E-state index contributed by atoms with van der Waals surface area (Å²) >= 11 is 0. The van der Waals surface area contributed by atoms with E-state index in [-0.39, 0.29) is 23.7 Å². The van der Waals surface area contributed by atoms with Crippen LogP contribution in [0.25, 0.3) is 0 Å². The Balaban J connectivity index is 1.61. The fraction of sp³-hybridized carbons (Fsp3) is 0.412. The van der Waals surface area contributed by atoms with Gasteiger partial charge in [0.05, 0.1) is 17.5 Å². The van der Waals surface area contributed by atoms with Gasteiger partial charge in [-0.15, -0.1) is 0 Å². The lowest BCUT2D eigenvalue weighted by atomic mass is 9.63. The largest absolute Gasteiger partial charge is 0.274 e. The van der Waals surface area contributed by atoms with Crippen LogP contribution in [0.2, 0.25) is 0 Å². The number of rotatable bonds is 1. The minimum Gasteiger partial charge on any atom is -0.274 e. The van der Waals surface area contributed by atoms with Crippen LogP contribution in [-0.2, 0) is 9.59 Å². The first-order valence-electron chi connectivity index (χ1n) is 7.38. The van der Waals surface area contributed by atoms with E-state index in [0.717, 1.165) is 5.69 Å². The molecule has 0 spiro atoms. The zero-order valence-electron chi connectivity index (χ0n) is 11.0. The monoisotopic (exact) mass is 265 g/mol. The van der Waals surface area contributed by atoms with Crippen LogP contribution in [0.3, 0.4) is 0 Å². The molecule has 0 radical (unpaired) electrons. The first kappa shape index (κ1) is 10.8. The molecular formula is C17H15NO2. The van der Waals surface area contributed by atoms with Crippen molar-refractivity contribution < 1.29 is 9.59 Å². The summed E-state index contributed by atoms with van der Waals surface area (Å²) in [6, 6.07) is 9.36.